The van der Waals surface area contributed by atoms with Crippen molar-refractivity contribution >= 4 is 11.9 Å². The fourth-order valence-corrected chi connectivity index (χ4v) is 1.30. The number of fused-ring (bicyclic) bond motifs is 1. The highest BCUT2D eigenvalue weighted by Gasteiger charge is 2.09. The molecule has 0 fully saturated rings. The monoisotopic (exact) mass is 191 g/mol. The standard InChI is InChI=1S/C9H9N3O2/c1-6-3-8(14-2)12-9(11-6)7(5-13)4-10-12/h3-5H,1-2H3. The van der Waals surface area contributed by atoms with E-state index >= 15 is 0 Å². The molecule has 0 saturated heterocycles. The van der Waals surface area contributed by atoms with Crippen molar-refractivity contribution in [2.45, 2.75) is 6.92 Å². The number of carbonyl (C=O) groups is 1. The number of aldehydes is 1. The quantitative estimate of drug-likeness (QED) is 0.660. The minimum atomic E-state index is 0.465. The Morgan fingerprint density at radius 1 is 1.57 bits per heavy atom. The van der Waals surface area contributed by atoms with Crippen molar-refractivity contribution < 1.29 is 9.53 Å². The number of methoxy groups -OCH3 is 1. The molecule has 0 unspecified atom stereocenters. The van der Waals surface area contributed by atoms with Crippen LogP contribution < -0.4 is 4.74 Å². The third-order valence-electron chi connectivity index (χ3n) is 1.93. The Morgan fingerprint density at radius 3 is 3.00 bits per heavy atom. The highest BCUT2D eigenvalue weighted by atomic mass is 16.5. The van der Waals surface area contributed by atoms with Gasteiger partial charge >= 0.3 is 0 Å². The second-order valence-corrected chi connectivity index (χ2v) is 2.89. The molecule has 0 aliphatic rings. The van der Waals surface area contributed by atoms with Crippen LogP contribution in [0, 0.1) is 6.92 Å². The second kappa shape index (κ2) is 3.10. The van der Waals surface area contributed by atoms with Crippen molar-refractivity contribution in [1.29, 1.82) is 0 Å². The van der Waals surface area contributed by atoms with Crippen molar-refractivity contribution in [3.63, 3.8) is 0 Å². The first-order valence-corrected chi connectivity index (χ1v) is 4.11. The highest BCUT2D eigenvalue weighted by Crippen LogP contribution is 2.15. The first-order chi connectivity index (χ1) is 6.76. The highest BCUT2D eigenvalue weighted by molar-refractivity contribution is 5.83. The van der Waals surface area contributed by atoms with Crippen LogP contribution in [0.3, 0.4) is 0 Å². The van der Waals surface area contributed by atoms with Gasteiger partial charge in [0.25, 0.3) is 0 Å². The van der Waals surface area contributed by atoms with E-state index in [1.165, 1.54) is 10.7 Å². The van der Waals surface area contributed by atoms with Gasteiger partial charge in [-0.15, -0.1) is 0 Å². The summed E-state index contributed by atoms with van der Waals surface area (Å²) >= 11 is 0. The Hall–Kier alpha value is -1.91. The Bertz CT molecular complexity index is 490. The molecular formula is C9H9N3O2. The largest absolute Gasteiger partial charge is 0.481 e. The average Bonchev–Trinajstić information content (AvgIpc) is 2.59. The van der Waals surface area contributed by atoms with Crippen LogP contribution in [0.2, 0.25) is 0 Å². The molecule has 2 aromatic rings. The fraction of sp³-hybridized carbons (Fsp3) is 0.222. The number of aromatic nitrogens is 3. The van der Waals surface area contributed by atoms with Crippen LogP contribution in [-0.2, 0) is 0 Å². The maximum absolute atomic E-state index is 10.7. The van der Waals surface area contributed by atoms with Gasteiger partial charge in [0.05, 0.1) is 18.9 Å². The minimum absolute atomic E-state index is 0.465. The summed E-state index contributed by atoms with van der Waals surface area (Å²) in [4.78, 5) is 14.9. The predicted molar refractivity (Wildman–Crippen MR) is 49.7 cm³/mol. The van der Waals surface area contributed by atoms with Crippen molar-refractivity contribution in [2.24, 2.45) is 0 Å². The first kappa shape index (κ1) is 8.68. The summed E-state index contributed by atoms with van der Waals surface area (Å²) in [6.45, 7) is 1.84. The molecule has 2 aromatic heterocycles. The summed E-state index contributed by atoms with van der Waals surface area (Å²) in [6, 6.07) is 1.76. The average molecular weight is 191 g/mol. The molecular weight excluding hydrogens is 182 g/mol. The fourth-order valence-electron chi connectivity index (χ4n) is 1.30. The molecule has 0 radical (unpaired) electrons. The maximum Gasteiger partial charge on any atom is 0.217 e. The van der Waals surface area contributed by atoms with Gasteiger partial charge in [-0.05, 0) is 6.92 Å². The third-order valence-corrected chi connectivity index (χ3v) is 1.93. The van der Waals surface area contributed by atoms with Gasteiger partial charge in [-0.3, -0.25) is 4.79 Å². The zero-order valence-corrected chi connectivity index (χ0v) is 7.89. The lowest BCUT2D eigenvalue weighted by atomic mass is 10.3. The van der Waals surface area contributed by atoms with Gasteiger partial charge in [-0.2, -0.15) is 9.61 Å². The Balaban J connectivity index is 2.83. The predicted octanol–water partition coefficient (Wildman–Crippen LogP) is 0.859. The molecule has 14 heavy (non-hydrogen) atoms. The van der Waals surface area contributed by atoms with Gasteiger partial charge < -0.3 is 4.74 Å². The molecule has 0 amide bonds. The molecule has 2 heterocycles. The topological polar surface area (TPSA) is 56.5 Å². The van der Waals surface area contributed by atoms with E-state index in [9.17, 15) is 4.79 Å². The van der Waals surface area contributed by atoms with E-state index < -0.39 is 0 Å². The Morgan fingerprint density at radius 2 is 2.36 bits per heavy atom. The first-order valence-electron chi connectivity index (χ1n) is 4.11. The molecule has 0 spiro atoms. The molecule has 0 aliphatic carbocycles. The van der Waals surface area contributed by atoms with Crippen LogP contribution in [-0.4, -0.2) is 28.0 Å². The molecule has 0 aromatic carbocycles. The van der Waals surface area contributed by atoms with E-state index in [1.54, 1.807) is 13.2 Å². The van der Waals surface area contributed by atoms with E-state index in [4.69, 9.17) is 4.74 Å². The van der Waals surface area contributed by atoms with Crippen molar-refractivity contribution in [1.82, 2.24) is 14.6 Å². The van der Waals surface area contributed by atoms with Gasteiger partial charge in [0.2, 0.25) is 5.88 Å². The van der Waals surface area contributed by atoms with Crippen LogP contribution in [0.25, 0.3) is 5.65 Å². The molecule has 0 atom stereocenters. The number of aryl methyl sites for hydroxylation is 1. The van der Waals surface area contributed by atoms with Gasteiger partial charge in [0, 0.05) is 11.8 Å². The SMILES string of the molecule is COc1cc(C)nc2c(C=O)cnn12. The number of hydrogen-bond acceptors (Lipinski definition) is 4. The minimum Gasteiger partial charge on any atom is -0.481 e. The van der Waals surface area contributed by atoms with Crippen LogP contribution in [0.4, 0.5) is 0 Å². The van der Waals surface area contributed by atoms with Gasteiger partial charge in [-0.1, -0.05) is 0 Å². The Labute approximate surface area is 80.3 Å². The molecule has 72 valence electrons. The molecule has 2 rings (SSSR count). The summed E-state index contributed by atoms with van der Waals surface area (Å²) in [5.74, 6) is 0.570. The van der Waals surface area contributed by atoms with Gasteiger partial charge in [-0.25, -0.2) is 4.98 Å². The summed E-state index contributed by atoms with van der Waals surface area (Å²) in [5, 5.41) is 4.00. The van der Waals surface area contributed by atoms with Crippen LogP contribution in [0.5, 0.6) is 5.88 Å². The van der Waals surface area contributed by atoms with E-state index in [1.807, 2.05) is 6.92 Å². The van der Waals surface area contributed by atoms with E-state index in [0.29, 0.717) is 17.1 Å². The lowest BCUT2D eigenvalue weighted by molar-refractivity contribution is 0.112. The zero-order chi connectivity index (χ0) is 10.1. The second-order valence-electron chi connectivity index (χ2n) is 2.89. The van der Waals surface area contributed by atoms with E-state index in [-0.39, 0.29) is 0 Å². The number of carbonyl (C=O) groups excluding carboxylic acids is 1. The van der Waals surface area contributed by atoms with Gasteiger partial charge in [0.1, 0.15) is 0 Å². The third kappa shape index (κ3) is 1.14. The summed E-state index contributed by atoms with van der Waals surface area (Å²) in [5.41, 5.74) is 1.78. The van der Waals surface area contributed by atoms with Crippen LogP contribution in [0.1, 0.15) is 16.1 Å². The van der Waals surface area contributed by atoms with Crippen LogP contribution >= 0.6 is 0 Å². The number of hydrogen-bond donors (Lipinski definition) is 0. The molecule has 0 saturated carbocycles. The van der Waals surface area contributed by atoms with E-state index in [0.717, 1.165) is 12.0 Å². The molecule has 0 bridgehead atoms. The summed E-state index contributed by atoms with van der Waals surface area (Å²) in [6.07, 6.45) is 2.20. The van der Waals surface area contributed by atoms with Gasteiger partial charge in [0.15, 0.2) is 11.9 Å². The lowest BCUT2D eigenvalue weighted by Gasteiger charge is -2.03. The zero-order valence-electron chi connectivity index (χ0n) is 7.89. The summed E-state index contributed by atoms with van der Waals surface area (Å²) < 4.78 is 6.61. The number of ether oxygens (including phenoxy) is 1. The molecule has 0 N–H and O–H groups in total. The van der Waals surface area contributed by atoms with Crippen molar-refractivity contribution in [3.05, 3.63) is 23.5 Å². The molecule has 5 heteroatoms. The van der Waals surface area contributed by atoms with E-state index in [2.05, 4.69) is 10.1 Å². The number of nitrogens with zero attached hydrogens (tertiary/aromatic N) is 3. The Kier molecular flexibility index (Phi) is 1.92. The van der Waals surface area contributed by atoms with Crippen LogP contribution in [0.15, 0.2) is 12.3 Å². The molecule has 0 aliphatic heterocycles. The molecule has 5 nitrogen and oxygen atoms in total. The normalized spacial score (nSPS) is 10.4. The lowest BCUT2D eigenvalue weighted by Crippen LogP contribution is -1.99. The number of rotatable bonds is 2. The van der Waals surface area contributed by atoms with Crippen molar-refractivity contribution in [2.75, 3.05) is 7.11 Å². The maximum atomic E-state index is 10.7. The van der Waals surface area contributed by atoms with Crippen molar-refractivity contribution in [3.8, 4) is 5.88 Å². The smallest absolute Gasteiger partial charge is 0.217 e. The summed E-state index contributed by atoms with van der Waals surface area (Å²) in [7, 11) is 1.55.